The minimum absolute atomic E-state index is 0.0206. The van der Waals surface area contributed by atoms with Crippen LogP contribution in [-0.2, 0) is 4.79 Å². The van der Waals surface area contributed by atoms with Gasteiger partial charge in [-0.05, 0) is 38.2 Å². The summed E-state index contributed by atoms with van der Waals surface area (Å²) in [5.41, 5.74) is 1.43. The van der Waals surface area contributed by atoms with Gasteiger partial charge >= 0.3 is 0 Å². The quantitative estimate of drug-likeness (QED) is 0.859. The number of carbonyl (C=O) groups is 2. The molecule has 0 unspecified atom stereocenters. The van der Waals surface area contributed by atoms with Crippen LogP contribution >= 0.6 is 11.8 Å². The number of rotatable bonds is 1. The molecule has 1 aromatic carbocycles. The molecule has 0 aromatic heterocycles. The summed E-state index contributed by atoms with van der Waals surface area (Å²) in [5.74, 6) is 0.860. The highest BCUT2D eigenvalue weighted by molar-refractivity contribution is 7.99. The van der Waals surface area contributed by atoms with E-state index >= 15 is 0 Å². The molecule has 1 aromatic rings. The van der Waals surface area contributed by atoms with E-state index in [1.165, 1.54) is 0 Å². The molecule has 2 amide bonds. The van der Waals surface area contributed by atoms with Crippen molar-refractivity contribution in [1.82, 2.24) is 9.80 Å². The minimum Gasteiger partial charge on any atom is -0.337 e. The van der Waals surface area contributed by atoms with Crippen molar-refractivity contribution >= 4 is 29.3 Å². The second-order valence-corrected chi connectivity index (χ2v) is 6.94. The van der Waals surface area contributed by atoms with Gasteiger partial charge in [-0.15, -0.1) is 11.8 Å². The van der Waals surface area contributed by atoms with Crippen LogP contribution in [0.4, 0.5) is 5.69 Å². The Bertz CT molecular complexity index is 591. The highest BCUT2D eigenvalue weighted by atomic mass is 32.2. The molecule has 2 heterocycles. The molecule has 2 aliphatic rings. The average Bonchev–Trinajstić information content (AvgIpc) is 2.83. The summed E-state index contributed by atoms with van der Waals surface area (Å²) in [6, 6.07) is 5.64. The van der Waals surface area contributed by atoms with Gasteiger partial charge in [-0.2, -0.15) is 0 Å². The third-order valence-corrected chi connectivity index (χ3v) is 5.17. The maximum Gasteiger partial charge on any atom is 0.253 e. The predicted octanol–water partition coefficient (Wildman–Crippen LogP) is 1.90. The van der Waals surface area contributed by atoms with E-state index in [1.54, 1.807) is 11.8 Å². The first-order valence-corrected chi connectivity index (χ1v) is 8.66. The van der Waals surface area contributed by atoms with E-state index in [-0.39, 0.29) is 11.8 Å². The molecule has 2 aliphatic heterocycles. The lowest BCUT2D eigenvalue weighted by atomic mass is 10.1. The maximum atomic E-state index is 12.7. The normalized spacial score (nSPS) is 19.9. The molecule has 3 rings (SSSR count). The van der Waals surface area contributed by atoms with Crippen LogP contribution in [0.5, 0.6) is 0 Å². The first kappa shape index (κ1) is 15.4. The second kappa shape index (κ2) is 6.71. The number of carbonyl (C=O) groups excluding carboxylic acids is 2. The van der Waals surface area contributed by atoms with Crippen LogP contribution in [0.25, 0.3) is 0 Å². The molecule has 0 aliphatic carbocycles. The largest absolute Gasteiger partial charge is 0.337 e. The molecular formula is C16H21N3O2S. The van der Waals surface area contributed by atoms with Gasteiger partial charge in [-0.25, -0.2) is 0 Å². The summed E-state index contributed by atoms with van der Waals surface area (Å²) < 4.78 is 0. The number of hydrogen-bond donors (Lipinski definition) is 1. The molecule has 118 valence electrons. The van der Waals surface area contributed by atoms with Crippen LogP contribution in [0.15, 0.2) is 23.1 Å². The Kier molecular flexibility index (Phi) is 4.69. The van der Waals surface area contributed by atoms with E-state index in [0.29, 0.717) is 12.0 Å². The van der Waals surface area contributed by atoms with E-state index < -0.39 is 0 Å². The van der Waals surface area contributed by atoms with Crippen molar-refractivity contribution in [3.63, 3.8) is 0 Å². The number of amides is 2. The molecular weight excluding hydrogens is 298 g/mol. The van der Waals surface area contributed by atoms with E-state index in [1.807, 2.05) is 23.1 Å². The van der Waals surface area contributed by atoms with Crippen LogP contribution in [0.1, 0.15) is 23.2 Å². The molecule has 0 bridgehead atoms. The Hall–Kier alpha value is -1.53. The monoisotopic (exact) mass is 319 g/mol. The number of likely N-dealkylation sites (N-methyl/N-ethyl adjacent to an activating group) is 1. The van der Waals surface area contributed by atoms with E-state index in [4.69, 9.17) is 0 Å². The van der Waals surface area contributed by atoms with Crippen molar-refractivity contribution in [2.45, 2.75) is 17.7 Å². The Morgan fingerprint density at radius 2 is 2.09 bits per heavy atom. The van der Waals surface area contributed by atoms with E-state index in [9.17, 15) is 9.59 Å². The number of nitrogens with zero attached hydrogens (tertiary/aromatic N) is 2. The number of thioether (sulfide) groups is 1. The van der Waals surface area contributed by atoms with Gasteiger partial charge in [0.1, 0.15) is 0 Å². The standard InChI is InChI=1S/C16H21N3O2S/c1-18-6-2-7-19(9-8-18)16(21)12-3-4-14-13(11-12)17-15(20)5-10-22-14/h3-4,11H,2,5-10H2,1H3,(H,17,20). The first-order chi connectivity index (χ1) is 10.6. The summed E-state index contributed by atoms with van der Waals surface area (Å²) >= 11 is 1.66. The van der Waals surface area contributed by atoms with Crippen LogP contribution < -0.4 is 5.32 Å². The smallest absolute Gasteiger partial charge is 0.253 e. The Balaban J connectivity index is 1.79. The summed E-state index contributed by atoms with van der Waals surface area (Å²) in [5, 5.41) is 2.90. The van der Waals surface area contributed by atoms with Crippen molar-refractivity contribution in [3.05, 3.63) is 23.8 Å². The fraction of sp³-hybridized carbons (Fsp3) is 0.500. The number of anilines is 1. The minimum atomic E-state index is 0.0206. The van der Waals surface area contributed by atoms with Gasteiger partial charge in [0.15, 0.2) is 0 Å². The van der Waals surface area contributed by atoms with E-state index in [0.717, 1.165) is 48.9 Å². The number of fused-ring (bicyclic) bond motifs is 1. The van der Waals surface area contributed by atoms with Gasteiger partial charge in [0.2, 0.25) is 5.91 Å². The second-order valence-electron chi connectivity index (χ2n) is 5.81. The zero-order valence-corrected chi connectivity index (χ0v) is 13.6. The summed E-state index contributed by atoms with van der Waals surface area (Å²) in [6.07, 6.45) is 1.51. The molecule has 5 nitrogen and oxygen atoms in total. The van der Waals surface area contributed by atoms with Crippen LogP contribution in [0, 0.1) is 0 Å². The van der Waals surface area contributed by atoms with Crippen molar-refractivity contribution in [2.24, 2.45) is 0 Å². The summed E-state index contributed by atoms with van der Waals surface area (Å²) in [6.45, 7) is 3.48. The third-order valence-electron chi connectivity index (χ3n) is 4.09. The zero-order chi connectivity index (χ0) is 15.5. The first-order valence-electron chi connectivity index (χ1n) is 7.68. The fourth-order valence-corrected chi connectivity index (χ4v) is 3.72. The molecule has 22 heavy (non-hydrogen) atoms. The fourth-order valence-electron chi connectivity index (χ4n) is 2.79. The topological polar surface area (TPSA) is 52.6 Å². The lowest BCUT2D eigenvalue weighted by Gasteiger charge is -2.21. The van der Waals surface area contributed by atoms with Crippen molar-refractivity contribution in [2.75, 3.05) is 44.3 Å². The molecule has 0 radical (unpaired) electrons. The highest BCUT2D eigenvalue weighted by Crippen LogP contribution is 2.31. The zero-order valence-electron chi connectivity index (χ0n) is 12.8. The highest BCUT2D eigenvalue weighted by Gasteiger charge is 2.21. The Morgan fingerprint density at radius 3 is 2.95 bits per heavy atom. The number of benzene rings is 1. The van der Waals surface area contributed by atoms with Gasteiger partial charge in [-0.1, -0.05) is 0 Å². The molecule has 0 spiro atoms. The van der Waals surface area contributed by atoms with Crippen molar-refractivity contribution in [3.8, 4) is 0 Å². The van der Waals surface area contributed by atoms with Crippen LogP contribution in [0.3, 0.4) is 0 Å². The summed E-state index contributed by atoms with van der Waals surface area (Å²) in [7, 11) is 2.09. The van der Waals surface area contributed by atoms with Crippen molar-refractivity contribution in [1.29, 1.82) is 0 Å². The molecule has 0 saturated carbocycles. The number of hydrogen-bond acceptors (Lipinski definition) is 4. The molecule has 0 atom stereocenters. The molecule has 1 fully saturated rings. The summed E-state index contributed by atoms with van der Waals surface area (Å²) in [4.78, 5) is 29.6. The Labute approximate surface area is 135 Å². The lowest BCUT2D eigenvalue weighted by Crippen LogP contribution is -2.34. The van der Waals surface area contributed by atoms with Crippen molar-refractivity contribution < 1.29 is 9.59 Å². The van der Waals surface area contributed by atoms with Gasteiger partial charge < -0.3 is 15.1 Å². The Morgan fingerprint density at radius 1 is 1.23 bits per heavy atom. The van der Waals surface area contributed by atoms with Gasteiger partial charge in [0.25, 0.3) is 5.91 Å². The maximum absolute atomic E-state index is 12.7. The van der Waals surface area contributed by atoms with Crippen LogP contribution in [0.2, 0.25) is 0 Å². The number of nitrogens with one attached hydrogen (secondary N) is 1. The third kappa shape index (κ3) is 3.44. The van der Waals surface area contributed by atoms with E-state index in [2.05, 4.69) is 17.3 Å². The van der Waals surface area contributed by atoms with Crippen LogP contribution in [-0.4, -0.2) is 60.6 Å². The average molecular weight is 319 g/mol. The van der Waals surface area contributed by atoms with Gasteiger partial charge in [0, 0.05) is 42.3 Å². The molecule has 1 saturated heterocycles. The SMILES string of the molecule is CN1CCCN(C(=O)c2ccc3c(c2)NC(=O)CCS3)CC1. The molecule has 1 N–H and O–H groups in total. The predicted molar refractivity (Wildman–Crippen MR) is 88.4 cm³/mol. The lowest BCUT2D eigenvalue weighted by molar-refractivity contribution is -0.115. The van der Waals surface area contributed by atoms with Gasteiger partial charge in [0.05, 0.1) is 5.69 Å². The van der Waals surface area contributed by atoms with Gasteiger partial charge in [-0.3, -0.25) is 9.59 Å². The molecule has 6 heteroatoms.